The quantitative estimate of drug-likeness (QED) is 0.707. The van der Waals surface area contributed by atoms with Crippen LogP contribution in [0.4, 0.5) is 0 Å². The molecule has 0 aromatic heterocycles. The molecule has 0 radical (unpaired) electrons. The highest BCUT2D eigenvalue weighted by molar-refractivity contribution is 5.91. The van der Waals surface area contributed by atoms with Gasteiger partial charge in [-0.2, -0.15) is 0 Å². The first-order valence-electron chi connectivity index (χ1n) is 10.4. The van der Waals surface area contributed by atoms with E-state index >= 15 is 0 Å². The molecular weight excluding hydrogens is 294 g/mol. The lowest BCUT2D eigenvalue weighted by Crippen LogP contribution is -2.56. The average molecular weight is 330 g/mol. The van der Waals surface area contributed by atoms with Crippen LogP contribution < -0.4 is 0 Å². The van der Waals surface area contributed by atoms with Crippen molar-refractivity contribution in [3.8, 4) is 0 Å². The standard InChI is InChI=1S/C22H35NO/c1-5-6-15-7-8-18-17-14-23(4)20-13-16(24)9-11-22(20,3)19(17)10-12-21(15,18)2/h13,15,17-19H,5-12,14H2,1-4H3/t15?,17-,18-,19+,21+,22+/m0/s1. The molecule has 3 aliphatic carbocycles. The van der Waals surface area contributed by atoms with E-state index in [2.05, 4.69) is 32.7 Å². The highest BCUT2D eigenvalue weighted by Crippen LogP contribution is 2.65. The molecule has 1 unspecified atom stereocenters. The smallest absolute Gasteiger partial charge is 0.157 e. The number of allylic oxidation sites excluding steroid dienone is 2. The molecule has 4 aliphatic rings. The summed E-state index contributed by atoms with van der Waals surface area (Å²) in [6.07, 6.45) is 12.3. The van der Waals surface area contributed by atoms with Crippen molar-refractivity contribution >= 4 is 5.78 Å². The normalized spacial score (nSPS) is 47.8. The van der Waals surface area contributed by atoms with E-state index in [9.17, 15) is 4.79 Å². The van der Waals surface area contributed by atoms with E-state index in [0.717, 1.165) is 36.5 Å². The Labute approximate surface area is 148 Å². The molecule has 4 rings (SSSR count). The second-order valence-electron chi connectivity index (χ2n) is 9.78. The number of ketones is 1. The van der Waals surface area contributed by atoms with E-state index in [0.29, 0.717) is 11.2 Å². The van der Waals surface area contributed by atoms with Crippen LogP contribution in [-0.4, -0.2) is 24.3 Å². The molecule has 2 saturated carbocycles. The lowest BCUT2D eigenvalue weighted by atomic mass is 9.49. The summed E-state index contributed by atoms with van der Waals surface area (Å²) in [6, 6.07) is 0. The number of likely N-dealkylation sites (tertiary alicyclic amines) is 1. The highest BCUT2D eigenvalue weighted by atomic mass is 16.1. The van der Waals surface area contributed by atoms with Gasteiger partial charge in [0, 0.05) is 37.2 Å². The average Bonchev–Trinajstić information content (AvgIpc) is 2.87. The van der Waals surface area contributed by atoms with Crippen molar-refractivity contribution < 1.29 is 4.79 Å². The molecule has 24 heavy (non-hydrogen) atoms. The van der Waals surface area contributed by atoms with Gasteiger partial charge in [-0.15, -0.1) is 0 Å². The SMILES string of the molecule is CCCC1CC[C@H]2[C@@H]3CN(C)C4=CC(=O)CC[C@]4(C)[C@@H]3CC[C@]12C. The van der Waals surface area contributed by atoms with E-state index < -0.39 is 0 Å². The zero-order chi connectivity index (χ0) is 17.1. The monoisotopic (exact) mass is 329 g/mol. The van der Waals surface area contributed by atoms with E-state index in [1.54, 1.807) is 0 Å². The Morgan fingerprint density at radius 3 is 2.71 bits per heavy atom. The summed E-state index contributed by atoms with van der Waals surface area (Å²) < 4.78 is 0. The molecule has 6 atom stereocenters. The van der Waals surface area contributed by atoms with E-state index in [-0.39, 0.29) is 5.41 Å². The minimum atomic E-state index is 0.246. The third kappa shape index (κ3) is 2.17. The van der Waals surface area contributed by atoms with Gasteiger partial charge in [-0.05, 0) is 61.2 Å². The molecule has 0 N–H and O–H groups in total. The Morgan fingerprint density at radius 2 is 1.96 bits per heavy atom. The summed E-state index contributed by atoms with van der Waals surface area (Å²) in [7, 11) is 2.24. The second kappa shape index (κ2) is 5.61. The molecule has 1 heterocycles. The van der Waals surface area contributed by atoms with Crippen molar-refractivity contribution in [1.29, 1.82) is 0 Å². The predicted octanol–water partition coefficient (Wildman–Crippen LogP) is 5.04. The van der Waals surface area contributed by atoms with Gasteiger partial charge in [-0.3, -0.25) is 4.79 Å². The first-order valence-corrected chi connectivity index (χ1v) is 10.4. The molecule has 1 saturated heterocycles. The zero-order valence-corrected chi connectivity index (χ0v) is 16.1. The third-order valence-corrected chi connectivity index (χ3v) is 8.76. The zero-order valence-electron chi connectivity index (χ0n) is 16.1. The molecule has 3 fully saturated rings. The van der Waals surface area contributed by atoms with E-state index in [1.165, 1.54) is 50.8 Å². The highest BCUT2D eigenvalue weighted by Gasteiger charge is 2.59. The van der Waals surface area contributed by atoms with Crippen LogP contribution in [0.5, 0.6) is 0 Å². The number of hydrogen-bond donors (Lipinski definition) is 0. The van der Waals surface area contributed by atoms with Crippen LogP contribution in [0, 0.1) is 34.5 Å². The molecule has 2 heteroatoms. The van der Waals surface area contributed by atoms with Gasteiger partial charge >= 0.3 is 0 Å². The molecule has 2 nitrogen and oxygen atoms in total. The summed E-state index contributed by atoms with van der Waals surface area (Å²) in [5.41, 5.74) is 2.18. The van der Waals surface area contributed by atoms with Gasteiger partial charge < -0.3 is 4.90 Å². The van der Waals surface area contributed by atoms with Crippen molar-refractivity contribution in [2.75, 3.05) is 13.6 Å². The molecule has 0 aromatic carbocycles. The maximum Gasteiger partial charge on any atom is 0.157 e. The van der Waals surface area contributed by atoms with Crippen LogP contribution >= 0.6 is 0 Å². The molecule has 134 valence electrons. The number of carbonyl (C=O) groups is 1. The van der Waals surface area contributed by atoms with Crippen LogP contribution in [0.1, 0.15) is 72.1 Å². The number of carbonyl (C=O) groups excluding carboxylic acids is 1. The molecular formula is C22H35NO. The molecule has 0 aromatic rings. The summed E-state index contributed by atoms with van der Waals surface area (Å²) in [5, 5.41) is 0. The Hall–Kier alpha value is -0.790. The van der Waals surface area contributed by atoms with Crippen molar-refractivity contribution in [2.45, 2.75) is 72.1 Å². The van der Waals surface area contributed by atoms with Crippen LogP contribution in [0.2, 0.25) is 0 Å². The number of fused-ring (bicyclic) bond motifs is 5. The fourth-order valence-corrected chi connectivity index (χ4v) is 7.50. The van der Waals surface area contributed by atoms with Crippen molar-refractivity contribution in [1.82, 2.24) is 4.90 Å². The summed E-state index contributed by atoms with van der Waals surface area (Å²) in [4.78, 5) is 14.5. The number of piperidine rings is 1. The maximum absolute atomic E-state index is 12.0. The van der Waals surface area contributed by atoms with Gasteiger partial charge in [0.15, 0.2) is 5.78 Å². The Morgan fingerprint density at radius 1 is 1.17 bits per heavy atom. The largest absolute Gasteiger partial charge is 0.377 e. The van der Waals surface area contributed by atoms with Crippen LogP contribution in [0.15, 0.2) is 11.8 Å². The molecule has 1 aliphatic heterocycles. The lowest BCUT2D eigenvalue weighted by molar-refractivity contribution is -0.119. The van der Waals surface area contributed by atoms with Crippen molar-refractivity contribution in [3.05, 3.63) is 11.8 Å². The Kier molecular flexibility index (Phi) is 3.89. The fraction of sp³-hybridized carbons (Fsp3) is 0.864. The third-order valence-electron chi connectivity index (χ3n) is 8.76. The summed E-state index contributed by atoms with van der Waals surface area (Å²) in [5.74, 6) is 3.84. The van der Waals surface area contributed by atoms with Crippen LogP contribution in [0.3, 0.4) is 0 Å². The molecule has 0 amide bonds. The van der Waals surface area contributed by atoms with Gasteiger partial charge in [0.1, 0.15) is 0 Å². The fourth-order valence-electron chi connectivity index (χ4n) is 7.50. The number of rotatable bonds is 2. The minimum Gasteiger partial charge on any atom is -0.377 e. The van der Waals surface area contributed by atoms with Gasteiger partial charge in [0.05, 0.1) is 0 Å². The molecule has 0 spiro atoms. The molecule has 0 bridgehead atoms. The number of hydrogen-bond acceptors (Lipinski definition) is 2. The van der Waals surface area contributed by atoms with Gasteiger partial charge in [-0.1, -0.05) is 33.6 Å². The van der Waals surface area contributed by atoms with Crippen LogP contribution in [0.25, 0.3) is 0 Å². The Bertz CT molecular complexity index is 566. The second-order valence-corrected chi connectivity index (χ2v) is 9.78. The lowest BCUT2D eigenvalue weighted by Gasteiger charge is -2.60. The van der Waals surface area contributed by atoms with Crippen LogP contribution in [-0.2, 0) is 4.79 Å². The first-order chi connectivity index (χ1) is 11.4. The topological polar surface area (TPSA) is 20.3 Å². The van der Waals surface area contributed by atoms with E-state index in [1.807, 2.05) is 6.08 Å². The predicted molar refractivity (Wildman–Crippen MR) is 98.5 cm³/mol. The minimum absolute atomic E-state index is 0.246. The van der Waals surface area contributed by atoms with Gasteiger partial charge in [-0.25, -0.2) is 0 Å². The number of nitrogens with zero attached hydrogens (tertiary/aromatic N) is 1. The first kappa shape index (κ1) is 16.7. The van der Waals surface area contributed by atoms with Crippen molar-refractivity contribution in [3.63, 3.8) is 0 Å². The van der Waals surface area contributed by atoms with Gasteiger partial charge in [0.2, 0.25) is 0 Å². The Balaban J connectivity index is 1.67. The van der Waals surface area contributed by atoms with E-state index in [4.69, 9.17) is 0 Å². The van der Waals surface area contributed by atoms with Crippen molar-refractivity contribution in [2.24, 2.45) is 34.5 Å². The van der Waals surface area contributed by atoms with Gasteiger partial charge in [0.25, 0.3) is 0 Å². The maximum atomic E-state index is 12.0. The summed E-state index contributed by atoms with van der Waals surface area (Å²) in [6.45, 7) is 8.63. The summed E-state index contributed by atoms with van der Waals surface area (Å²) >= 11 is 0.